The lowest BCUT2D eigenvalue weighted by atomic mass is 10.5. The van der Waals surface area contributed by atoms with Gasteiger partial charge in [-0.3, -0.25) is 9.36 Å². The minimum Gasteiger partial charge on any atom is -0.295 e. The molecule has 0 fully saturated rings. The third kappa shape index (κ3) is 0.644. The van der Waals surface area contributed by atoms with Gasteiger partial charge in [0.1, 0.15) is 0 Å². The summed E-state index contributed by atoms with van der Waals surface area (Å²) >= 11 is 0. The molecule has 2 heteroatoms. The highest BCUT2D eigenvalue weighted by molar-refractivity contribution is 5.53. The summed E-state index contributed by atoms with van der Waals surface area (Å²) in [5, 5.41) is 0. The zero-order valence-corrected chi connectivity index (χ0v) is 4.66. The van der Waals surface area contributed by atoms with Gasteiger partial charge < -0.3 is 0 Å². The van der Waals surface area contributed by atoms with Crippen LogP contribution in [0.1, 0.15) is 5.69 Å². The van der Waals surface area contributed by atoms with Gasteiger partial charge in [0.25, 0.3) is 0 Å². The summed E-state index contributed by atoms with van der Waals surface area (Å²) in [6.07, 6.45) is 2.51. The number of carbonyl (C=O) groups excluding carboxylic acids is 1. The lowest BCUT2D eigenvalue weighted by Gasteiger charge is -1.88. The average molecular weight is 109 g/mol. The Kier molecular flexibility index (Phi) is 1.16. The molecule has 2 nitrogen and oxygen atoms in total. The number of rotatable bonds is 1. The van der Waals surface area contributed by atoms with Gasteiger partial charge in [-0.2, -0.15) is 0 Å². The predicted octanol–water partition coefficient (Wildman–Crippen LogP) is 0.835. The highest BCUT2D eigenvalue weighted by Gasteiger charge is 1.87. The van der Waals surface area contributed by atoms with Crippen LogP contribution < -0.4 is 0 Å². The van der Waals surface area contributed by atoms with E-state index >= 15 is 0 Å². The first-order chi connectivity index (χ1) is 3.84. The molecule has 1 heterocycles. The molecule has 8 heavy (non-hydrogen) atoms. The Bertz CT molecular complexity index is 190. The van der Waals surface area contributed by atoms with E-state index in [1.54, 1.807) is 6.20 Å². The number of nitrogens with zero attached hydrogens (tertiary/aromatic N) is 1. The lowest BCUT2D eigenvalue weighted by molar-refractivity contribution is 0.546. The molecule has 0 radical (unpaired) electrons. The third-order valence-corrected chi connectivity index (χ3v) is 1.10. The van der Waals surface area contributed by atoms with E-state index in [4.69, 9.17) is 0 Å². The van der Waals surface area contributed by atoms with E-state index < -0.39 is 0 Å². The van der Waals surface area contributed by atoms with Gasteiger partial charge in [-0.1, -0.05) is 0 Å². The molecular formula is C6H7NO. The van der Waals surface area contributed by atoms with Gasteiger partial charge in [-0.05, 0) is 19.1 Å². The van der Waals surface area contributed by atoms with Crippen molar-refractivity contribution in [3.8, 4) is 0 Å². The third-order valence-electron chi connectivity index (χ3n) is 1.10. The van der Waals surface area contributed by atoms with Crippen LogP contribution in [0.25, 0.3) is 0 Å². The van der Waals surface area contributed by atoms with Crippen LogP contribution in [-0.2, 0) is 4.79 Å². The molecule has 0 bridgehead atoms. The maximum atomic E-state index is 10.1. The molecule has 0 amide bonds. The largest absolute Gasteiger partial charge is 0.295 e. The molecule has 0 unspecified atom stereocenters. The molecule has 1 aromatic heterocycles. The molecule has 0 aliphatic rings. The lowest BCUT2D eigenvalue weighted by Crippen LogP contribution is -1.92. The summed E-state index contributed by atoms with van der Waals surface area (Å²) in [6, 6.07) is 3.72. The van der Waals surface area contributed by atoms with Gasteiger partial charge in [0.05, 0.1) is 0 Å². The summed E-state index contributed by atoms with van der Waals surface area (Å²) in [5.41, 5.74) is 0.972. The maximum Gasteiger partial charge on any atom is 0.217 e. The zero-order valence-electron chi connectivity index (χ0n) is 4.66. The maximum absolute atomic E-state index is 10.1. The molecule has 0 N–H and O–H groups in total. The average Bonchev–Trinajstić information content (AvgIpc) is 2.14. The van der Waals surface area contributed by atoms with Crippen LogP contribution in [0.3, 0.4) is 0 Å². The first kappa shape index (κ1) is 5.09. The van der Waals surface area contributed by atoms with Crippen LogP contribution in [0.5, 0.6) is 0 Å². The van der Waals surface area contributed by atoms with E-state index in [0.29, 0.717) is 0 Å². The summed E-state index contributed by atoms with van der Waals surface area (Å²) in [5.74, 6) is 0. The van der Waals surface area contributed by atoms with Crippen molar-refractivity contribution in [3.63, 3.8) is 0 Å². The van der Waals surface area contributed by atoms with Crippen molar-refractivity contribution >= 4 is 6.41 Å². The number of aryl methyl sites for hydroxylation is 1. The van der Waals surface area contributed by atoms with E-state index in [1.165, 1.54) is 4.57 Å². The second kappa shape index (κ2) is 1.82. The predicted molar refractivity (Wildman–Crippen MR) is 31.3 cm³/mol. The van der Waals surface area contributed by atoms with Crippen molar-refractivity contribution in [1.82, 2.24) is 4.57 Å². The molecule has 0 aliphatic carbocycles. The molecule has 0 aromatic carbocycles. The number of aromatic nitrogens is 1. The topological polar surface area (TPSA) is 22.0 Å². The fourth-order valence-corrected chi connectivity index (χ4v) is 0.597. The molecule has 42 valence electrons. The van der Waals surface area contributed by atoms with Crippen molar-refractivity contribution in [2.75, 3.05) is 0 Å². The first-order valence-electron chi connectivity index (χ1n) is 2.43. The van der Waals surface area contributed by atoms with E-state index in [-0.39, 0.29) is 0 Å². The quantitative estimate of drug-likeness (QED) is 0.490. The molecule has 0 spiro atoms. The van der Waals surface area contributed by atoms with E-state index in [1.807, 2.05) is 19.1 Å². The highest BCUT2D eigenvalue weighted by Crippen LogP contribution is 1.94. The Labute approximate surface area is 47.7 Å². The molecule has 1 rings (SSSR count). The van der Waals surface area contributed by atoms with Crippen molar-refractivity contribution in [2.24, 2.45) is 0 Å². The normalized spacial score (nSPS) is 9.12. The number of hydrogen-bond acceptors (Lipinski definition) is 1. The van der Waals surface area contributed by atoms with Gasteiger partial charge in [0, 0.05) is 11.9 Å². The van der Waals surface area contributed by atoms with Crippen LogP contribution >= 0.6 is 0 Å². The molecule has 0 aliphatic heterocycles. The van der Waals surface area contributed by atoms with E-state index in [2.05, 4.69) is 0 Å². The van der Waals surface area contributed by atoms with Gasteiger partial charge >= 0.3 is 0 Å². The standard InChI is InChI=1S/C6H7NO/c1-6-3-2-4-7(6)5-8/h2-5H,1H3. The molecule has 1 aromatic rings. The molecular weight excluding hydrogens is 102 g/mol. The summed E-state index contributed by atoms with van der Waals surface area (Å²) in [6.45, 7) is 1.88. The van der Waals surface area contributed by atoms with Crippen LogP contribution in [0.4, 0.5) is 0 Å². The number of carbonyl (C=O) groups is 1. The number of hydrogen-bond donors (Lipinski definition) is 0. The van der Waals surface area contributed by atoms with Gasteiger partial charge in [-0.15, -0.1) is 0 Å². The Morgan fingerprint density at radius 3 is 2.75 bits per heavy atom. The van der Waals surface area contributed by atoms with E-state index in [0.717, 1.165) is 12.1 Å². The highest BCUT2D eigenvalue weighted by atomic mass is 16.1. The van der Waals surface area contributed by atoms with Crippen LogP contribution in [0.2, 0.25) is 0 Å². The van der Waals surface area contributed by atoms with Crippen molar-refractivity contribution in [2.45, 2.75) is 6.92 Å². The van der Waals surface area contributed by atoms with Crippen molar-refractivity contribution in [1.29, 1.82) is 0 Å². The molecule has 0 atom stereocenters. The summed E-state index contributed by atoms with van der Waals surface area (Å²) in [7, 11) is 0. The Balaban J connectivity index is 3.09. The Morgan fingerprint density at radius 1 is 1.75 bits per heavy atom. The fourth-order valence-electron chi connectivity index (χ4n) is 0.597. The summed E-state index contributed by atoms with van der Waals surface area (Å²) < 4.78 is 1.53. The minimum absolute atomic E-state index is 0.787. The second-order valence-electron chi connectivity index (χ2n) is 1.66. The van der Waals surface area contributed by atoms with Gasteiger partial charge in [0.2, 0.25) is 6.41 Å². The van der Waals surface area contributed by atoms with E-state index in [9.17, 15) is 4.79 Å². The zero-order chi connectivity index (χ0) is 5.98. The first-order valence-corrected chi connectivity index (χ1v) is 2.43. The van der Waals surface area contributed by atoms with Crippen LogP contribution in [-0.4, -0.2) is 11.0 Å². The van der Waals surface area contributed by atoms with Gasteiger partial charge in [0.15, 0.2) is 0 Å². The van der Waals surface area contributed by atoms with Gasteiger partial charge in [-0.25, -0.2) is 0 Å². The van der Waals surface area contributed by atoms with Crippen LogP contribution in [0.15, 0.2) is 18.3 Å². The minimum atomic E-state index is 0.787. The SMILES string of the molecule is Cc1cccn1C=O. The van der Waals surface area contributed by atoms with Crippen LogP contribution in [0, 0.1) is 6.92 Å². The Hall–Kier alpha value is -1.05. The smallest absolute Gasteiger partial charge is 0.217 e. The summed E-state index contributed by atoms with van der Waals surface area (Å²) in [4.78, 5) is 10.1. The fraction of sp³-hybridized carbons (Fsp3) is 0.167. The Morgan fingerprint density at radius 2 is 2.50 bits per heavy atom. The van der Waals surface area contributed by atoms with Crippen molar-refractivity contribution < 1.29 is 4.79 Å². The molecule has 0 saturated carbocycles. The second-order valence-corrected chi connectivity index (χ2v) is 1.66. The monoisotopic (exact) mass is 109 g/mol. The van der Waals surface area contributed by atoms with Crippen molar-refractivity contribution in [3.05, 3.63) is 24.0 Å². The molecule has 0 saturated heterocycles.